The Hall–Kier alpha value is -3.21. The molecule has 0 unspecified atom stereocenters. The van der Waals surface area contributed by atoms with Crippen LogP contribution in [0.5, 0.6) is 0 Å². The first-order valence-electron chi connectivity index (χ1n) is 7.51. The molecule has 0 saturated carbocycles. The second kappa shape index (κ2) is 8.38. The van der Waals surface area contributed by atoms with Gasteiger partial charge in [0.15, 0.2) is 0 Å². The molecule has 0 aliphatic carbocycles. The van der Waals surface area contributed by atoms with E-state index in [9.17, 15) is 56.7 Å². The summed E-state index contributed by atoms with van der Waals surface area (Å²) in [5, 5.41) is 33.9. The van der Waals surface area contributed by atoms with E-state index < -0.39 is 76.2 Å². The number of anilines is 2. The molecule has 2 aromatic rings. The standard InChI is InChI=1S/C14H4BrClF6N4O6/c15-10-9(14(20,21)22)7(25(29)30)3-6(16)12(10)23-11-5(13(17,18)19)1-4(24(27)28)2-8(11)26(31)32/h1-3,23H. The van der Waals surface area contributed by atoms with E-state index >= 15 is 0 Å². The molecule has 0 amide bonds. The zero-order valence-corrected chi connectivity index (χ0v) is 16.9. The van der Waals surface area contributed by atoms with Crippen LogP contribution in [0.2, 0.25) is 5.02 Å². The molecule has 32 heavy (non-hydrogen) atoms. The van der Waals surface area contributed by atoms with Crippen LogP contribution in [0.25, 0.3) is 0 Å². The average molecular weight is 554 g/mol. The third-order valence-electron chi connectivity index (χ3n) is 3.74. The van der Waals surface area contributed by atoms with Crippen molar-refractivity contribution >= 4 is 56.0 Å². The molecule has 0 aliphatic rings. The number of halogens is 8. The van der Waals surface area contributed by atoms with Crippen molar-refractivity contribution in [2.75, 3.05) is 5.32 Å². The second-order valence-electron chi connectivity index (χ2n) is 5.72. The smallest absolute Gasteiger partial charge is 0.347 e. The fraction of sp³-hybridized carbons (Fsp3) is 0.143. The van der Waals surface area contributed by atoms with Gasteiger partial charge in [0.2, 0.25) is 0 Å². The lowest BCUT2D eigenvalue weighted by atomic mass is 10.1. The molecule has 0 bridgehead atoms. The molecule has 2 rings (SSSR count). The highest BCUT2D eigenvalue weighted by molar-refractivity contribution is 9.10. The van der Waals surface area contributed by atoms with Gasteiger partial charge in [-0.2, -0.15) is 26.3 Å². The highest BCUT2D eigenvalue weighted by Crippen LogP contribution is 2.50. The molecule has 2 aromatic carbocycles. The fourth-order valence-corrected chi connectivity index (χ4v) is 3.58. The van der Waals surface area contributed by atoms with Gasteiger partial charge in [0.25, 0.3) is 17.1 Å². The minimum absolute atomic E-state index is 0.0762. The zero-order chi connectivity index (χ0) is 24.8. The summed E-state index contributed by atoms with van der Waals surface area (Å²) < 4.78 is 79.3. The first-order chi connectivity index (χ1) is 14.5. The second-order valence-corrected chi connectivity index (χ2v) is 6.92. The Kier molecular flexibility index (Phi) is 6.56. The lowest BCUT2D eigenvalue weighted by Gasteiger charge is -2.18. The largest absolute Gasteiger partial charge is 0.424 e. The Morgan fingerprint density at radius 3 is 1.75 bits per heavy atom. The molecule has 0 aliphatic heterocycles. The van der Waals surface area contributed by atoms with Crippen LogP contribution in [0.1, 0.15) is 11.1 Å². The number of hydrogen-bond acceptors (Lipinski definition) is 7. The summed E-state index contributed by atoms with van der Waals surface area (Å²) in [7, 11) is 0. The van der Waals surface area contributed by atoms with Crippen molar-refractivity contribution in [1.29, 1.82) is 0 Å². The fourth-order valence-electron chi connectivity index (χ4n) is 2.48. The van der Waals surface area contributed by atoms with Gasteiger partial charge in [-0.25, -0.2) is 0 Å². The first-order valence-corrected chi connectivity index (χ1v) is 8.68. The lowest BCUT2D eigenvalue weighted by molar-refractivity contribution is -0.394. The van der Waals surface area contributed by atoms with Gasteiger partial charge in [-0.15, -0.1) is 0 Å². The van der Waals surface area contributed by atoms with Crippen molar-refractivity contribution < 1.29 is 41.1 Å². The van der Waals surface area contributed by atoms with Gasteiger partial charge in [0.1, 0.15) is 11.3 Å². The van der Waals surface area contributed by atoms with Crippen molar-refractivity contribution in [3.05, 3.63) is 69.2 Å². The average Bonchev–Trinajstić information content (AvgIpc) is 2.61. The summed E-state index contributed by atoms with van der Waals surface area (Å²) in [6, 6.07) is 0.255. The topological polar surface area (TPSA) is 141 Å². The molecular formula is C14H4BrClF6N4O6. The number of alkyl halides is 6. The minimum Gasteiger partial charge on any atom is -0.347 e. The lowest BCUT2D eigenvalue weighted by Crippen LogP contribution is -2.14. The predicted octanol–water partition coefficient (Wildman–Crippen LogP) is 6.61. The maximum atomic E-state index is 13.5. The van der Waals surface area contributed by atoms with Crippen molar-refractivity contribution in [2.24, 2.45) is 0 Å². The van der Waals surface area contributed by atoms with E-state index in [-0.39, 0.29) is 18.2 Å². The maximum Gasteiger partial charge on any atom is 0.424 e. The third-order valence-corrected chi connectivity index (χ3v) is 4.83. The Morgan fingerprint density at radius 1 is 0.812 bits per heavy atom. The number of benzene rings is 2. The molecule has 0 atom stereocenters. The number of non-ortho nitro benzene ring substituents is 1. The van der Waals surface area contributed by atoms with E-state index in [0.29, 0.717) is 0 Å². The molecule has 0 saturated heterocycles. The quantitative estimate of drug-likeness (QED) is 0.249. The highest BCUT2D eigenvalue weighted by Gasteiger charge is 2.44. The van der Waals surface area contributed by atoms with Gasteiger partial charge in [-0.3, -0.25) is 30.3 Å². The molecule has 1 N–H and O–H groups in total. The Bertz CT molecular complexity index is 1160. The Morgan fingerprint density at radius 2 is 1.34 bits per heavy atom. The van der Waals surface area contributed by atoms with E-state index in [1.165, 1.54) is 0 Å². The highest BCUT2D eigenvalue weighted by atomic mass is 79.9. The molecular weight excluding hydrogens is 550 g/mol. The summed E-state index contributed by atoms with van der Waals surface area (Å²) in [6.07, 6.45) is -10.8. The van der Waals surface area contributed by atoms with Gasteiger partial charge in [0, 0.05) is 12.1 Å². The summed E-state index contributed by atoms with van der Waals surface area (Å²) in [5.74, 6) is 0. The van der Waals surface area contributed by atoms with Gasteiger partial charge >= 0.3 is 12.4 Å². The number of rotatable bonds is 5. The number of hydrogen-bond donors (Lipinski definition) is 1. The van der Waals surface area contributed by atoms with Gasteiger partial charge in [-0.05, 0) is 15.9 Å². The van der Waals surface area contributed by atoms with Gasteiger partial charge in [-0.1, -0.05) is 11.6 Å². The SMILES string of the molecule is O=[N+]([O-])c1cc([N+](=O)[O-])c(Nc2c(Cl)cc([N+](=O)[O-])c(C(F)(F)F)c2Br)c(C(F)(F)F)c1. The molecule has 0 fully saturated rings. The van der Waals surface area contributed by atoms with Crippen LogP contribution in [0.15, 0.2) is 22.7 Å². The van der Waals surface area contributed by atoms with E-state index in [2.05, 4.69) is 15.9 Å². The number of nitro groups is 3. The minimum atomic E-state index is -5.44. The zero-order valence-electron chi connectivity index (χ0n) is 14.5. The van der Waals surface area contributed by atoms with E-state index in [1.54, 1.807) is 5.32 Å². The van der Waals surface area contributed by atoms with Crippen LogP contribution in [-0.4, -0.2) is 14.8 Å². The Balaban J connectivity index is 2.92. The van der Waals surface area contributed by atoms with Crippen LogP contribution in [0, 0.1) is 30.3 Å². The van der Waals surface area contributed by atoms with Gasteiger partial charge < -0.3 is 5.32 Å². The molecule has 0 spiro atoms. The number of nitro benzene ring substituents is 3. The van der Waals surface area contributed by atoms with Crippen molar-refractivity contribution in [3.8, 4) is 0 Å². The summed E-state index contributed by atoms with van der Waals surface area (Å²) in [6.45, 7) is 0. The molecule has 172 valence electrons. The molecule has 0 heterocycles. The molecule has 18 heteroatoms. The van der Waals surface area contributed by atoms with Crippen molar-refractivity contribution in [1.82, 2.24) is 0 Å². The van der Waals surface area contributed by atoms with E-state index in [4.69, 9.17) is 11.6 Å². The van der Waals surface area contributed by atoms with E-state index in [0.717, 1.165) is 0 Å². The van der Waals surface area contributed by atoms with Crippen LogP contribution >= 0.6 is 27.5 Å². The van der Waals surface area contributed by atoms with Crippen LogP contribution in [0.3, 0.4) is 0 Å². The normalized spacial score (nSPS) is 11.9. The van der Waals surface area contributed by atoms with Crippen LogP contribution in [0.4, 0.5) is 54.8 Å². The van der Waals surface area contributed by atoms with Crippen molar-refractivity contribution in [3.63, 3.8) is 0 Å². The summed E-state index contributed by atoms with van der Waals surface area (Å²) in [5.41, 5.74) is -10.8. The Labute approximate surface area is 184 Å². The van der Waals surface area contributed by atoms with E-state index in [1.807, 2.05) is 0 Å². The number of nitrogens with one attached hydrogen (secondary N) is 1. The molecule has 0 aromatic heterocycles. The summed E-state index contributed by atoms with van der Waals surface area (Å²) in [4.78, 5) is 28.9. The van der Waals surface area contributed by atoms with Gasteiger partial charge in [0.05, 0.1) is 41.6 Å². The molecule has 10 nitrogen and oxygen atoms in total. The van der Waals surface area contributed by atoms with Crippen LogP contribution in [-0.2, 0) is 12.4 Å². The van der Waals surface area contributed by atoms with Crippen molar-refractivity contribution in [2.45, 2.75) is 12.4 Å². The van der Waals surface area contributed by atoms with Crippen LogP contribution < -0.4 is 5.32 Å². The third kappa shape index (κ3) is 4.82. The monoisotopic (exact) mass is 552 g/mol. The predicted molar refractivity (Wildman–Crippen MR) is 98.8 cm³/mol. The first kappa shape index (κ1) is 25.1. The maximum absolute atomic E-state index is 13.5. The molecule has 0 radical (unpaired) electrons. The number of nitrogens with zero attached hydrogens (tertiary/aromatic N) is 3. The summed E-state index contributed by atoms with van der Waals surface area (Å²) >= 11 is 8.10.